The lowest BCUT2D eigenvalue weighted by atomic mass is 10.1. The van der Waals surface area contributed by atoms with Crippen molar-refractivity contribution in [3.63, 3.8) is 0 Å². The minimum Gasteiger partial charge on any atom is -0.384 e. The maximum Gasteiger partial charge on any atom is 0.263 e. The van der Waals surface area contributed by atoms with Crippen LogP contribution in [0, 0.1) is 6.92 Å². The van der Waals surface area contributed by atoms with Crippen molar-refractivity contribution in [2.75, 3.05) is 5.73 Å². The molecule has 0 spiro atoms. The third-order valence-electron chi connectivity index (χ3n) is 2.64. The summed E-state index contributed by atoms with van der Waals surface area (Å²) in [5.41, 5.74) is 7.64. The van der Waals surface area contributed by atoms with Crippen LogP contribution in [-0.4, -0.2) is 9.78 Å². The first-order valence-corrected chi connectivity index (χ1v) is 5.23. The maximum absolute atomic E-state index is 12.4. The molecular weight excluding hydrogens is 224 g/mol. The standard InChI is InChI=1S/C12H13F2N3/c1-8-6-16-17(12(8)15)7-9-2-4-10(5-3-9)11(13)14/h2-6,11H,7,15H2,1H3. The minimum atomic E-state index is -2.43. The van der Waals surface area contributed by atoms with E-state index < -0.39 is 6.43 Å². The molecule has 90 valence electrons. The maximum atomic E-state index is 12.4. The zero-order valence-corrected chi connectivity index (χ0v) is 9.40. The van der Waals surface area contributed by atoms with Crippen molar-refractivity contribution in [1.82, 2.24) is 9.78 Å². The van der Waals surface area contributed by atoms with Gasteiger partial charge in [-0.1, -0.05) is 24.3 Å². The number of nitrogens with two attached hydrogens (primary N) is 1. The number of benzene rings is 1. The van der Waals surface area contributed by atoms with E-state index in [1.165, 1.54) is 12.1 Å². The van der Waals surface area contributed by atoms with Crippen LogP contribution >= 0.6 is 0 Å². The predicted octanol–water partition coefficient (Wildman–Crippen LogP) is 2.76. The van der Waals surface area contributed by atoms with Gasteiger partial charge >= 0.3 is 0 Å². The largest absolute Gasteiger partial charge is 0.384 e. The molecule has 0 unspecified atom stereocenters. The van der Waals surface area contributed by atoms with Crippen LogP contribution in [0.3, 0.4) is 0 Å². The number of aryl methyl sites for hydroxylation is 1. The fourth-order valence-corrected chi connectivity index (χ4v) is 1.56. The van der Waals surface area contributed by atoms with Crippen LogP contribution in [0.5, 0.6) is 0 Å². The summed E-state index contributed by atoms with van der Waals surface area (Å²) in [6, 6.07) is 6.18. The van der Waals surface area contributed by atoms with E-state index in [4.69, 9.17) is 5.73 Å². The average molecular weight is 237 g/mol. The van der Waals surface area contributed by atoms with E-state index in [9.17, 15) is 8.78 Å². The molecule has 3 nitrogen and oxygen atoms in total. The molecule has 0 bridgehead atoms. The van der Waals surface area contributed by atoms with Crippen LogP contribution in [0.1, 0.15) is 23.1 Å². The van der Waals surface area contributed by atoms with E-state index in [2.05, 4.69) is 5.10 Å². The van der Waals surface area contributed by atoms with Gasteiger partial charge in [0, 0.05) is 11.1 Å². The lowest BCUT2D eigenvalue weighted by molar-refractivity contribution is 0.151. The zero-order valence-electron chi connectivity index (χ0n) is 9.40. The minimum absolute atomic E-state index is 0.0263. The van der Waals surface area contributed by atoms with E-state index in [1.807, 2.05) is 6.92 Å². The Kier molecular flexibility index (Phi) is 3.08. The van der Waals surface area contributed by atoms with E-state index in [-0.39, 0.29) is 5.56 Å². The summed E-state index contributed by atoms with van der Waals surface area (Å²) in [4.78, 5) is 0. The Balaban J connectivity index is 2.17. The fraction of sp³-hybridized carbons (Fsp3) is 0.250. The SMILES string of the molecule is Cc1cnn(Cc2ccc(C(F)F)cc2)c1N. The number of halogens is 2. The van der Waals surface area contributed by atoms with Gasteiger partial charge in [0.25, 0.3) is 6.43 Å². The summed E-state index contributed by atoms with van der Waals surface area (Å²) in [6.45, 7) is 2.36. The highest BCUT2D eigenvalue weighted by Crippen LogP contribution is 2.19. The van der Waals surface area contributed by atoms with Crippen LogP contribution in [-0.2, 0) is 6.54 Å². The molecule has 1 heterocycles. The van der Waals surface area contributed by atoms with E-state index >= 15 is 0 Å². The number of alkyl halides is 2. The third-order valence-corrected chi connectivity index (χ3v) is 2.64. The quantitative estimate of drug-likeness (QED) is 0.892. The monoisotopic (exact) mass is 237 g/mol. The highest BCUT2D eigenvalue weighted by atomic mass is 19.3. The second-order valence-corrected chi connectivity index (χ2v) is 3.91. The number of nitrogens with zero attached hydrogens (tertiary/aromatic N) is 2. The number of aromatic nitrogens is 2. The Labute approximate surface area is 97.9 Å². The van der Waals surface area contributed by atoms with Gasteiger partial charge in [-0.05, 0) is 12.5 Å². The molecule has 0 fully saturated rings. The smallest absolute Gasteiger partial charge is 0.263 e. The Hall–Kier alpha value is -1.91. The molecule has 0 atom stereocenters. The van der Waals surface area contributed by atoms with Gasteiger partial charge in [0.1, 0.15) is 5.82 Å². The second-order valence-electron chi connectivity index (χ2n) is 3.91. The molecule has 2 N–H and O–H groups in total. The molecule has 2 aromatic rings. The van der Waals surface area contributed by atoms with E-state index in [0.29, 0.717) is 12.4 Å². The average Bonchev–Trinajstić information content (AvgIpc) is 2.62. The van der Waals surface area contributed by atoms with Gasteiger partial charge in [-0.3, -0.25) is 0 Å². The number of hydrogen-bond donors (Lipinski definition) is 1. The number of hydrogen-bond acceptors (Lipinski definition) is 2. The molecular formula is C12H13F2N3. The van der Waals surface area contributed by atoms with E-state index in [0.717, 1.165) is 11.1 Å². The normalized spacial score (nSPS) is 11.1. The third kappa shape index (κ3) is 2.43. The topological polar surface area (TPSA) is 43.8 Å². The first kappa shape index (κ1) is 11.6. The Bertz CT molecular complexity index is 503. The summed E-state index contributed by atoms with van der Waals surface area (Å²) in [5, 5.41) is 4.11. The Morgan fingerprint density at radius 3 is 2.41 bits per heavy atom. The fourth-order valence-electron chi connectivity index (χ4n) is 1.56. The van der Waals surface area contributed by atoms with Crippen LogP contribution in [0.15, 0.2) is 30.5 Å². The van der Waals surface area contributed by atoms with Crippen LogP contribution in [0.4, 0.5) is 14.6 Å². The van der Waals surface area contributed by atoms with Gasteiger partial charge in [0.15, 0.2) is 0 Å². The van der Waals surface area contributed by atoms with Gasteiger partial charge in [-0.2, -0.15) is 5.10 Å². The van der Waals surface area contributed by atoms with Crippen molar-refractivity contribution in [2.45, 2.75) is 19.9 Å². The highest BCUT2D eigenvalue weighted by molar-refractivity contribution is 5.38. The van der Waals surface area contributed by atoms with Gasteiger partial charge in [0.2, 0.25) is 0 Å². The van der Waals surface area contributed by atoms with E-state index in [1.54, 1.807) is 23.0 Å². The zero-order chi connectivity index (χ0) is 12.4. The first-order valence-electron chi connectivity index (χ1n) is 5.23. The number of rotatable bonds is 3. The Morgan fingerprint density at radius 1 is 1.29 bits per heavy atom. The number of nitrogen functional groups attached to an aromatic ring is 1. The molecule has 5 heteroatoms. The van der Waals surface area contributed by atoms with Crippen LogP contribution in [0.25, 0.3) is 0 Å². The van der Waals surface area contributed by atoms with Crippen molar-refractivity contribution in [3.05, 3.63) is 47.2 Å². The van der Waals surface area contributed by atoms with Crippen molar-refractivity contribution >= 4 is 5.82 Å². The molecule has 1 aromatic carbocycles. The summed E-state index contributed by atoms with van der Waals surface area (Å²) >= 11 is 0. The van der Waals surface area contributed by atoms with Gasteiger partial charge in [-0.15, -0.1) is 0 Å². The molecule has 2 rings (SSSR count). The molecule has 0 amide bonds. The molecule has 0 radical (unpaired) electrons. The summed E-state index contributed by atoms with van der Waals surface area (Å²) in [5.74, 6) is 0.600. The molecule has 1 aromatic heterocycles. The van der Waals surface area contributed by atoms with Gasteiger partial charge in [-0.25, -0.2) is 13.5 Å². The summed E-state index contributed by atoms with van der Waals surface area (Å²) in [7, 11) is 0. The Morgan fingerprint density at radius 2 is 1.94 bits per heavy atom. The molecule has 0 saturated carbocycles. The van der Waals surface area contributed by atoms with Crippen molar-refractivity contribution in [1.29, 1.82) is 0 Å². The summed E-state index contributed by atoms with van der Waals surface area (Å²) in [6.07, 6.45) is -0.746. The lowest BCUT2D eigenvalue weighted by Crippen LogP contribution is -2.06. The molecule has 0 aliphatic rings. The van der Waals surface area contributed by atoms with Crippen molar-refractivity contribution in [2.24, 2.45) is 0 Å². The number of anilines is 1. The molecule has 0 saturated heterocycles. The predicted molar refractivity (Wildman–Crippen MR) is 61.9 cm³/mol. The van der Waals surface area contributed by atoms with Crippen LogP contribution in [0.2, 0.25) is 0 Å². The molecule has 0 aliphatic carbocycles. The molecule has 0 aliphatic heterocycles. The molecule has 17 heavy (non-hydrogen) atoms. The van der Waals surface area contributed by atoms with Crippen LogP contribution < -0.4 is 5.73 Å². The second kappa shape index (κ2) is 4.53. The lowest BCUT2D eigenvalue weighted by Gasteiger charge is -2.06. The first-order chi connectivity index (χ1) is 8.08. The van der Waals surface area contributed by atoms with Gasteiger partial charge < -0.3 is 5.73 Å². The van der Waals surface area contributed by atoms with Gasteiger partial charge in [0.05, 0.1) is 12.7 Å². The summed E-state index contributed by atoms with van der Waals surface area (Å²) < 4.78 is 26.4. The van der Waals surface area contributed by atoms with Crippen molar-refractivity contribution < 1.29 is 8.78 Å². The highest BCUT2D eigenvalue weighted by Gasteiger charge is 2.07. The van der Waals surface area contributed by atoms with Crippen molar-refractivity contribution in [3.8, 4) is 0 Å².